The van der Waals surface area contributed by atoms with E-state index in [1.807, 2.05) is 30.0 Å². The standard InChI is InChI=1S/C16H23NO2/c1-13(11-14-5-3-2-4-6-14)16(19)17-9-7-15(12-18)8-10-17/h2-6,13,15,18H,7-12H2,1H3. The fourth-order valence-corrected chi connectivity index (χ4v) is 2.70. The van der Waals surface area contributed by atoms with Crippen molar-refractivity contribution < 1.29 is 9.90 Å². The molecule has 1 unspecified atom stereocenters. The van der Waals surface area contributed by atoms with E-state index in [9.17, 15) is 4.79 Å². The molecule has 0 aromatic heterocycles. The number of nitrogens with zero attached hydrogens (tertiary/aromatic N) is 1. The highest BCUT2D eigenvalue weighted by Gasteiger charge is 2.25. The molecule has 1 heterocycles. The van der Waals surface area contributed by atoms with E-state index in [0.717, 1.165) is 32.4 Å². The fourth-order valence-electron chi connectivity index (χ4n) is 2.70. The molecule has 0 saturated carbocycles. The van der Waals surface area contributed by atoms with Crippen molar-refractivity contribution >= 4 is 5.91 Å². The molecule has 1 N–H and O–H groups in total. The number of rotatable bonds is 4. The van der Waals surface area contributed by atoms with Gasteiger partial charge in [-0.2, -0.15) is 0 Å². The molecule has 1 fully saturated rings. The molecule has 0 radical (unpaired) electrons. The summed E-state index contributed by atoms with van der Waals surface area (Å²) in [5, 5.41) is 9.12. The number of piperidine rings is 1. The monoisotopic (exact) mass is 261 g/mol. The van der Waals surface area contributed by atoms with Crippen LogP contribution in [0.2, 0.25) is 0 Å². The Hall–Kier alpha value is -1.35. The molecule has 1 saturated heterocycles. The zero-order valence-corrected chi connectivity index (χ0v) is 11.6. The third-order valence-electron chi connectivity index (χ3n) is 3.99. The van der Waals surface area contributed by atoms with E-state index in [1.165, 1.54) is 5.56 Å². The van der Waals surface area contributed by atoms with Gasteiger partial charge in [-0.05, 0) is 30.7 Å². The lowest BCUT2D eigenvalue weighted by molar-refractivity contribution is -0.136. The minimum absolute atomic E-state index is 0.0353. The van der Waals surface area contributed by atoms with Gasteiger partial charge >= 0.3 is 0 Å². The van der Waals surface area contributed by atoms with Gasteiger partial charge in [-0.3, -0.25) is 4.79 Å². The summed E-state index contributed by atoms with van der Waals surface area (Å²) in [5.74, 6) is 0.668. The van der Waals surface area contributed by atoms with Gasteiger partial charge in [0.25, 0.3) is 0 Å². The summed E-state index contributed by atoms with van der Waals surface area (Å²) >= 11 is 0. The van der Waals surface area contributed by atoms with Crippen LogP contribution in [0, 0.1) is 11.8 Å². The number of amides is 1. The number of carbonyl (C=O) groups excluding carboxylic acids is 1. The number of carbonyl (C=O) groups is 1. The highest BCUT2D eigenvalue weighted by molar-refractivity contribution is 5.78. The molecule has 1 aromatic rings. The van der Waals surface area contributed by atoms with E-state index in [4.69, 9.17) is 5.11 Å². The van der Waals surface area contributed by atoms with E-state index in [1.54, 1.807) is 0 Å². The highest BCUT2D eigenvalue weighted by Crippen LogP contribution is 2.19. The second kappa shape index (κ2) is 6.71. The summed E-state index contributed by atoms with van der Waals surface area (Å²) in [7, 11) is 0. The quantitative estimate of drug-likeness (QED) is 0.901. The maximum Gasteiger partial charge on any atom is 0.225 e. The van der Waals surface area contributed by atoms with Gasteiger partial charge < -0.3 is 10.0 Å². The number of hydrogen-bond donors (Lipinski definition) is 1. The Labute approximate surface area is 115 Å². The summed E-state index contributed by atoms with van der Waals surface area (Å²) in [6.07, 6.45) is 2.67. The van der Waals surface area contributed by atoms with Crippen molar-refractivity contribution in [1.82, 2.24) is 4.90 Å². The molecule has 3 nitrogen and oxygen atoms in total. The minimum atomic E-state index is 0.0353. The fraction of sp³-hybridized carbons (Fsp3) is 0.562. The van der Waals surface area contributed by atoms with Crippen LogP contribution in [0.3, 0.4) is 0 Å². The average Bonchev–Trinajstić information content (AvgIpc) is 2.47. The van der Waals surface area contributed by atoms with Crippen molar-refractivity contribution in [3.63, 3.8) is 0 Å². The molecule has 19 heavy (non-hydrogen) atoms. The molecular formula is C16H23NO2. The van der Waals surface area contributed by atoms with Gasteiger partial charge in [0.1, 0.15) is 0 Å². The van der Waals surface area contributed by atoms with Crippen molar-refractivity contribution in [2.24, 2.45) is 11.8 Å². The van der Waals surface area contributed by atoms with E-state index in [2.05, 4.69) is 12.1 Å². The molecule has 1 amide bonds. The largest absolute Gasteiger partial charge is 0.396 e. The van der Waals surface area contributed by atoms with Gasteiger partial charge in [-0.25, -0.2) is 0 Å². The molecular weight excluding hydrogens is 238 g/mol. The number of benzene rings is 1. The smallest absolute Gasteiger partial charge is 0.225 e. The topological polar surface area (TPSA) is 40.5 Å². The highest BCUT2D eigenvalue weighted by atomic mass is 16.3. The van der Waals surface area contributed by atoms with Crippen LogP contribution in [0.25, 0.3) is 0 Å². The second-order valence-electron chi connectivity index (χ2n) is 5.54. The van der Waals surface area contributed by atoms with E-state index < -0.39 is 0 Å². The first-order valence-corrected chi connectivity index (χ1v) is 7.14. The predicted molar refractivity (Wildman–Crippen MR) is 75.7 cm³/mol. The van der Waals surface area contributed by atoms with Crippen molar-refractivity contribution in [1.29, 1.82) is 0 Å². The first-order valence-electron chi connectivity index (χ1n) is 7.14. The zero-order chi connectivity index (χ0) is 13.7. The Morgan fingerprint density at radius 3 is 2.53 bits per heavy atom. The predicted octanol–water partition coefficient (Wildman–Crippen LogP) is 2.10. The van der Waals surface area contributed by atoms with Crippen LogP contribution < -0.4 is 0 Å². The minimum Gasteiger partial charge on any atom is -0.396 e. The first kappa shape index (κ1) is 14.1. The van der Waals surface area contributed by atoms with Crippen molar-refractivity contribution in [2.45, 2.75) is 26.2 Å². The third-order valence-corrected chi connectivity index (χ3v) is 3.99. The van der Waals surface area contributed by atoms with Crippen LogP contribution in [0.1, 0.15) is 25.3 Å². The number of aliphatic hydroxyl groups excluding tert-OH is 1. The number of aliphatic hydroxyl groups is 1. The summed E-state index contributed by atoms with van der Waals surface area (Å²) in [6, 6.07) is 10.2. The molecule has 1 atom stereocenters. The Kier molecular flexibility index (Phi) is 4.97. The SMILES string of the molecule is CC(Cc1ccccc1)C(=O)N1CCC(CO)CC1. The molecule has 0 bridgehead atoms. The Balaban J connectivity index is 1.86. The van der Waals surface area contributed by atoms with Crippen molar-refractivity contribution in [3.05, 3.63) is 35.9 Å². The lowest BCUT2D eigenvalue weighted by Gasteiger charge is -2.33. The maximum atomic E-state index is 12.4. The van der Waals surface area contributed by atoms with Crippen LogP contribution in [-0.2, 0) is 11.2 Å². The molecule has 104 valence electrons. The summed E-state index contributed by atoms with van der Waals surface area (Å²) < 4.78 is 0. The first-order chi connectivity index (χ1) is 9.20. The summed E-state index contributed by atoms with van der Waals surface area (Å²) in [6.45, 7) is 3.85. The molecule has 0 aliphatic carbocycles. The number of hydrogen-bond acceptors (Lipinski definition) is 2. The van der Waals surface area contributed by atoms with Crippen LogP contribution in [0.5, 0.6) is 0 Å². The lowest BCUT2D eigenvalue weighted by Crippen LogP contribution is -2.42. The van der Waals surface area contributed by atoms with E-state index in [-0.39, 0.29) is 18.4 Å². The molecule has 1 aliphatic heterocycles. The lowest BCUT2D eigenvalue weighted by atomic mass is 9.95. The van der Waals surface area contributed by atoms with Gasteiger partial charge in [0, 0.05) is 25.6 Å². The van der Waals surface area contributed by atoms with Gasteiger partial charge in [-0.15, -0.1) is 0 Å². The second-order valence-corrected chi connectivity index (χ2v) is 5.54. The van der Waals surface area contributed by atoms with Crippen molar-refractivity contribution in [2.75, 3.05) is 19.7 Å². The summed E-state index contributed by atoms with van der Waals surface area (Å²) in [5.41, 5.74) is 1.22. The summed E-state index contributed by atoms with van der Waals surface area (Å²) in [4.78, 5) is 14.3. The normalized spacial score (nSPS) is 18.3. The third kappa shape index (κ3) is 3.80. The van der Waals surface area contributed by atoms with Crippen LogP contribution in [0.4, 0.5) is 0 Å². The zero-order valence-electron chi connectivity index (χ0n) is 11.6. The van der Waals surface area contributed by atoms with E-state index >= 15 is 0 Å². The number of likely N-dealkylation sites (tertiary alicyclic amines) is 1. The molecule has 1 aliphatic rings. The van der Waals surface area contributed by atoms with Crippen LogP contribution >= 0.6 is 0 Å². The Bertz CT molecular complexity index is 396. The molecule has 0 spiro atoms. The van der Waals surface area contributed by atoms with Gasteiger partial charge in [-0.1, -0.05) is 37.3 Å². The van der Waals surface area contributed by atoms with Crippen LogP contribution in [0.15, 0.2) is 30.3 Å². The van der Waals surface area contributed by atoms with Gasteiger partial charge in [0.2, 0.25) is 5.91 Å². The Morgan fingerprint density at radius 1 is 1.32 bits per heavy atom. The van der Waals surface area contributed by atoms with Gasteiger partial charge in [0.15, 0.2) is 0 Å². The van der Waals surface area contributed by atoms with Crippen LogP contribution in [-0.4, -0.2) is 35.6 Å². The van der Waals surface area contributed by atoms with Crippen molar-refractivity contribution in [3.8, 4) is 0 Å². The van der Waals surface area contributed by atoms with Gasteiger partial charge in [0.05, 0.1) is 0 Å². The Morgan fingerprint density at radius 2 is 1.95 bits per heavy atom. The average molecular weight is 261 g/mol. The molecule has 3 heteroatoms. The maximum absolute atomic E-state index is 12.4. The molecule has 1 aromatic carbocycles. The molecule has 2 rings (SSSR count). The van der Waals surface area contributed by atoms with E-state index in [0.29, 0.717) is 5.92 Å².